The fourth-order valence-corrected chi connectivity index (χ4v) is 3.10. The van der Waals surface area contributed by atoms with Gasteiger partial charge in [-0.25, -0.2) is 0 Å². The molecule has 1 fully saturated rings. The van der Waals surface area contributed by atoms with Gasteiger partial charge in [-0.3, -0.25) is 0 Å². The molecule has 0 aliphatic carbocycles. The van der Waals surface area contributed by atoms with Gasteiger partial charge in [0.15, 0.2) is 0 Å². The van der Waals surface area contributed by atoms with Gasteiger partial charge in [-0.1, -0.05) is 37.6 Å². The maximum absolute atomic E-state index is 6.08. The van der Waals surface area contributed by atoms with Gasteiger partial charge < -0.3 is 10.2 Å². The second kappa shape index (κ2) is 8.02. The third-order valence-electron chi connectivity index (χ3n) is 4.35. The van der Waals surface area contributed by atoms with E-state index in [1.54, 1.807) is 0 Å². The Kier molecular flexibility index (Phi) is 6.34. The highest BCUT2D eigenvalue weighted by molar-refractivity contribution is 6.30. The molecular weight excluding hydrogens is 268 g/mol. The number of nitrogens with one attached hydrogen (secondary N) is 1. The molecule has 0 spiro atoms. The Morgan fingerprint density at radius 3 is 2.75 bits per heavy atom. The molecule has 1 unspecified atom stereocenters. The van der Waals surface area contributed by atoms with E-state index in [1.807, 2.05) is 12.1 Å². The molecule has 0 radical (unpaired) electrons. The third kappa shape index (κ3) is 4.76. The lowest BCUT2D eigenvalue weighted by Crippen LogP contribution is -2.38. The zero-order chi connectivity index (χ0) is 14.4. The fourth-order valence-electron chi connectivity index (χ4n) is 2.90. The molecule has 0 bridgehead atoms. The van der Waals surface area contributed by atoms with Gasteiger partial charge in [-0.05, 0) is 56.0 Å². The number of rotatable bonds is 6. The van der Waals surface area contributed by atoms with Crippen molar-refractivity contribution in [3.05, 3.63) is 34.9 Å². The second-order valence-electron chi connectivity index (χ2n) is 5.99. The van der Waals surface area contributed by atoms with Crippen molar-refractivity contribution in [1.82, 2.24) is 10.2 Å². The van der Waals surface area contributed by atoms with E-state index in [2.05, 4.69) is 36.2 Å². The largest absolute Gasteiger partial charge is 0.309 e. The van der Waals surface area contributed by atoms with Gasteiger partial charge in [-0.2, -0.15) is 0 Å². The van der Waals surface area contributed by atoms with Crippen LogP contribution in [0.25, 0.3) is 0 Å². The molecule has 20 heavy (non-hydrogen) atoms. The fraction of sp³-hybridized carbons (Fsp3) is 0.647. The van der Waals surface area contributed by atoms with Crippen LogP contribution in [0.2, 0.25) is 5.02 Å². The summed E-state index contributed by atoms with van der Waals surface area (Å²) in [6, 6.07) is 8.62. The number of benzene rings is 1. The SMILES string of the molecule is CCC(NCCN1CCC(C)CC1)c1cccc(Cl)c1. The lowest BCUT2D eigenvalue weighted by Gasteiger charge is -2.30. The Labute approximate surface area is 128 Å². The summed E-state index contributed by atoms with van der Waals surface area (Å²) >= 11 is 6.08. The van der Waals surface area contributed by atoms with Crippen LogP contribution in [0.3, 0.4) is 0 Å². The monoisotopic (exact) mass is 294 g/mol. The Balaban J connectivity index is 1.76. The predicted octanol–water partition coefficient (Wildman–Crippen LogP) is 4.11. The molecule has 1 aromatic rings. The molecule has 1 heterocycles. The van der Waals surface area contributed by atoms with Crippen LogP contribution >= 0.6 is 11.6 Å². The van der Waals surface area contributed by atoms with Crippen LogP contribution in [0, 0.1) is 5.92 Å². The molecule has 1 aromatic carbocycles. The molecule has 112 valence electrons. The summed E-state index contributed by atoms with van der Waals surface area (Å²) in [5, 5.41) is 4.50. The first-order valence-electron chi connectivity index (χ1n) is 7.90. The third-order valence-corrected chi connectivity index (χ3v) is 4.59. The first-order valence-corrected chi connectivity index (χ1v) is 8.28. The Hall–Kier alpha value is -0.570. The lowest BCUT2D eigenvalue weighted by molar-refractivity contribution is 0.191. The molecule has 3 heteroatoms. The molecule has 0 amide bonds. The van der Waals surface area contributed by atoms with Crippen molar-refractivity contribution in [3.8, 4) is 0 Å². The van der Waals surface area contributed by atoms with Gasteiger partial charge in [0.25, 0.3) is 0 Å². The van der Waals surface area contributed by atoms with Crippen molar-refractivity contribution in [2.45, 2.75) is 39.2 Å². The van der Waals surface area contributed by atoms with Crippen LogP contribution in [0.15, 0.2) is 24.3 Å². The molecule has 0 aromatic heterocycles. The molecule has 1 aliphatic heterocycles. The number of hydrogen-bond donors (Lipinski definition) is 1. The molecular formula is C17H27ClN2. The van der Waals surface area contributed by atoms with Crippen LogP contribution < -0.4 is 5.32 Å². The number of halogens is 1. The minimum atomic E-state index is 0.414. The van der Waals surface area contributed by atoms with Gasteiger partial charge in [0.1, 0.15) is 0 Å². The quantitative estimate of drug-likeness (QED) is 0.849. The van der Waals surface area contributed by atoms with E-state index in [4.69, 9.17) is 11.6 Å². The Bertz CT molecular complexity index is 400. The van der Waals surface area contributed by atoms with E-state index in [0.717, 1.165) is 30.5 Å². The molecule has 0 saturated carbocycles. The first-order chi connectivity index (χ1) is 9.69. The first kappa shape index (κ1) is 15.8. The predicted molar refractivity (Wildman–Crippen MR) is 87.3 cm³/mol. The summed E-state index contributed by atoms with van der Waals surface area (Å²) in [6.45, 7) is 9.32. The minimum absolute atomic E-state index is 0.414. The molecule has 2 nitrogen and oxygen atoms in total. The van der Waals surface area contributed by atoms with Crippen LogP contribution in [-0.4, -0.2) is 31.1 Å². The summed E-state index contributed by atoms with van der Waals surface area (Å²) < 4.78 is 0. The summed E-state index contributed by atoms with van der Waals surface area (Å²) in [5.74, 6) is 0.911. The average Bonchev–Trinajstić information content (AvgIpc) is 2.45. The molecule has 1 saturated heterocycles. The maximum atomic E-state index is 6.08. The normalized spacial score (nSPS) is 19.1. The summed E-state index contributed by atoms with van der Waals surface area (Å²) in [6.07, 6.45) is 3.80. The molecule has 1 atom stereocenters. The minimum Gasteiger partial charge on any atom is -0.309 e. The second-order valence-corrected chi connectivity index (χ2v) is 6.43. The molecule has 1 N–H and O–H groups in total. The topological polar surface area (TPSA) is 15.3 Å². The number of nitrogens with zero attached hydrogens (tertiary/aromatic N) is 1. The van der Waals surface area contributed by atoms with Crippen molar-refractivity contribution in [2.75, 3.05) is 26.2 Å². The van der Waals surface area contributed by atoms with Gasteiger partial charge in [0.05, 0.1) is 0 Å². The standard InChI is InChI=1S/C17H27ClN2/c1-3-17(15-5-4-6-16(18)13-15)19-9-12-20-10-7-14(2)8-11-20/h4-6,13-14,17,19H,3,7-12H2,1-2H3. The highest BCUT2D eigenvalue weighted by atomic mass is 35.5. The highest BCUT2D eigenvalue weighted by Crippen LogP contribution is 2.20. The Morgan fingerprint density at radius 2 is 2.10 bits per heavy atom. The van der Waals surface area contributed by atoms with Crippen LogP contribution in [-0.2, 0) is 0 Å². The summed E-state index contributed by atoms with van der Waals surface area (Å²) in [5.41, 5.74) is 1.30. The van der Waals surface area contributed by atoms with Crippen molar-refractivity contribution >= 4 is 11.6 Å². The van der Waals surface area contributed by atoms with Gasteiger partial charge in [-0.15, -0.1) is 0 Å². The van der Waals surface area contributed by atoms with E-state index in [0.29, 0.717) is 6.04 Å². The van der Waals surface area contributed by atoms with Crippen LogP contribution in [0.1, 0.15) is 44.7 Å². The van der Waals surface area contributed by atoms with E-state index in [9.17, 15) is 0 Å². The number of hydrogen-bond acceptors (Lipinski definition) is 2. The van der Waals surface area contributed by atoms with E-state index >= 15 is 0 Å². The molecule has 2 rings (SSSR count). The van der Waals surface area contributed by atoms with Crippen LogP contribution in [0.5, 0.6) is 0 Å². The van der Waals surface area contributed by atoms with Crippen molar-refractivity contribution < 1.29 is 0 Å². The maximum Gasteiger partial charge on any atom is 0.0409 e. The van der Waals surface area contributed by atoms with Gasteiger partial charge in [0.2, 0.25) is 0 Å². The van der Waals surface area contributed by atoms with E-state index in [-0.39, 0.29) is 0 Å². The van der Waals surface area contributed by atoms with Gasteiger partial charge in [0, 0.05) is 24.2 Å². The highest BCUT2D eigenvalue weighted by Gasteiger charge is 2.15. The average molecular weight is 295 g/mol. The van der Waals surface area contributed by atoms with Crippen molar-refractivity contribution in [3.63, 3.8) is 0 Å². The summed E-state index contributed by atoms with van der Waals surface area (Å²) in [7, 11) is 0. The number of piperidine rings is 1. The zero-order valence-electron chi connectivity index (χ0n) is 12.7. The van der Waals surface area contributed by atoms with E-state index in [1.165, 1.54) is 31.5 Å². The zero-order valence-corrected chi connectivity index (χ0v) is 13.5. The Morgan fingerprint density at radius 1 is 1.35 bits per heavy atom. The van der Waals surface area contributed by atoms with E-state index < -0.39 is 0 Å². The lowest BCUT2D eigenvalue weighted by atomic mass is 9.99. The number of likely N-dealkylation sites (tertiary alicyclic amines) is 1. The summed E-state index contributed by atoms with van der Waals surface area (Å²) in [4.78, 5) is 2.58. The van der Waals surface area contributed by atoms with Crippen molar-refractivity contribution in [2.24, 2.45) is 5.92 Å². The smallest absolute Gasteiger partial charge is 0.0409 e. The molecule has 1 aliphatic rings. The van der Waals surface area contributed by atoms with Crippen LogP contribution in [0.4, 0.5) is 0 Å². The van der Waals surface area contributed by atoms with Gasteiger partial charge >= 0.3 is 0 Å². The van der Waals surface area contributed by atoms with Crippen molar-refractivity contribution in [1.29, 1.82) is 0 Å².